The average Bonchev–Trinajstić information content (AvgIpc) is 3.12. The summed E-state index contributed by atoms with van der Waals surface area (Å²) in [5, 5.41) is 3.38. The van der Waals surface area contributed by atoms with E-state index in [0.29, 0.717) is 23.9 Å². The fraction of sp³-hybridized carbons (Fsp3) is 0.381. The van der Waals surface area contributed by atoms with Gasteiger partial charge in [0.25, 0.3) is 0 Å². The summed E-state index contributed by atoms with van der Waals surface area (Å²) in [5.41, 5.74) is 8.34. The zero-order valence-electron chi connectivity index (χ0n) is 17.5. The largest absolute Gasteiger partial charge is 0.496 e. The van der Waals surface area contributed by atoms with Crippen LogP contribution in [-0.2, 0) is 16.2 Å². The Labute approximate surface area is 175 Å². The van der Waals surface area contributed by atoms with Crippen LogP contribution in [0.15, 0.2) is 30.5 Å². The minimum Gasteiger partial charge on any atom is -0.496 e. The number of hydrogen-bond acceptors (Lipinski definition) is 8. The first kappa shape index (κ1) is 21.2. The van der Waals surface area contributed by atoms with Crippen molar-refractivity contribution in [1.82, 2.24) is 14.5 Å². The van der Waals surface area contributed by atoms with E-state index in [0.717, 1.165) is 42.4 Å². The number of nitrogens with one attached hydrogen (secondary N) is 1. The molecule has 160 valence electrons. The molecule has 0 aliphatic heterocycles. The maximum absolute atomic E-state index is 11.0. The van der Waals surface area contributed by atoms with Crippen LogP contribution in [0.2, 0.25) is 0 Å². The molecule has 30 heavy (non-hydrogen) atoms. The smallest absolute Gasteiger partial charge is 0.352 e. The average molecular weight is 413 g/mol. The fourth-order valence-electron chi connectivity index (χ4n) is 3.18. The summed E-state index contributed by atoms with van der Waals surface area (Å²) in [7, 11) is 1.60. The van der Waals surface area contributed by atoms with E-state index in [2.05, 4.69) is 27.1 Å². The molecule has 0 aliphatic rings. The van der Waals surface area contributed by atoms with Crippen LogP contribution < -0.4 is 20.7 Å². The predicted molar refractivity (Wildman–Crippen MR) is 114 cm³/mol. The van der Waals surface area contributed by atoms with Gasteiger partial charge in [0.1, 0.15) is 11.3 Å². The molecule has 0 atom stereocenters. The molecule has 2 aromatic heterocycles. The number of nitrogen functional groups attached to an aromatic ring is 1. The quantitative estimate of drug-likeness (QED) is 0.295. The third-order valence-electron chi connectivity index (χ3n) is 4.55. The Hall–Kier alpha value is -3.49. The lowest BCUT2D eigenvalue weighted by Crippen LogP contribution is -2.09. The molecular weight excluding hydrogens is 386 g/mol. The van der Waals surface area contributed by atoms with E-state index in [4.69, 9.17) is 15.4 Å². The van der Waals surface area contributed by atoms with Crippen molar-refractivity contribution in [1.29, 1.82) is 0 Å². The third kappa shape index (κ3) is 5.11. The number of benzene rings is 1. The second kappa shape index (κ2) is 9.82. The number of carbonyl (C=O) groups excluding carboxylic acids is 1. The number of nitrogens with zero attached hydrogens (tertiary/aromatic N) is 3. The van der Waals surface area contributed by atoms with Crippen molar-refractivity contribution in [3.8, 4) is 11.5 Å². The minimum atomic E-state index is -0.530. The summed E-state index contributed by atoms with van der Waals surface area (Å²) in [5.74, 6) is 1.48. The summed E-state index contributed by atoms with van der Waals surface area (Å²) in [6.45, 7) is 4.72. The maximum atomic E-state index is 11.0. The van der Waals surface area contributed by atoms with Gasteiger partial charge in [0.15, 0.2) is 11.6 Å². The van der Waals surface area contributed by atoms with Crippen molar-refractivity contribution < 1.29 is 19.3 Å². The number of ether oxygens (including phenoxy) is 1. The van der Waals surface area contributed by atoms with Gasteiger partial charge in [-0.25, -0.2) is 9.78 Å². The van der Waals surface area contributed by atoms with Crippen LogP contribution in [0.25, 0.3) is 11.0 Å². The van der Waals surface area contributed by atoms with E-state index in [1.165, 1.54) is 6.92 Å². The molecular formula is C21H27N5O4. The molecule has 2 heterocycles. The van der Waals surface area contributed by atoms with Gasteiger partial charge in [-0.05, 0) is 30.7 Å². The number of nitrogens with two attached hydrogens (primary N) is 1. The molecule has 9 heteroatoms. The highest BCUT2D eigenvalue weighted by Crippen LogP contribution is 2.28. The molecule has 0 saturated heterocycles. The second-order valence-electron chi connectivity index (χ2n) is 6.87. The molecule has 0 amide bonds. The molecule has 0 spiro atoms. The zero-order valence-corrected chi connectivity index (χ0v) is 17.5. The summed E-state index contributed by atoms with van der Waals surface area (Å²) in [6.07, 6.45) is 5.26. The van der Waals surface area contributed by atoms with E-state index in [1.54, 1.807) is 25.3 Å². The van der Waals surface area contributed by atoms with Gasteiger partial charge < -0.3 is 20.4 Å². The lowest BCUT2D eigenvalue weighted by atomic mass is 10.2. The van der Waals surface area contributed by atoms with Crippen molar-refractivity contribution >= 4 is 28.8 Å². The first-order valence-corrected chi connectivity index (χ1v) is 9.90. The van der Waals surface area contributed by atoms with Crippen molar-refractivity contribution in [2.75, 3.05) is 24.7 Å². The highest BCUT2D eigenvalue weighted by Gasteiger charge is 2.14. The number of aromatic nitrogens is 3. The molecule has 3 aromatic rings. The molecule has 0 aliphatic carbocycles. The van der Waals surface area contributed by atoms with E-state index in [1.807, 2.05) is 16.8 Å². The Morgan fingerprint density at radius 2 is 2.07 bits per heavy atom. The van der Waals surface area contributed by atoms with Crippen LogP contribution in [-0.4, -0.2) is 34.2 Å². The third-order valence-corrected chi connectivity index (χ3v) is 4.55. The van der Waals surface area contributed by atoms with Crippen LogP contribution in [0.3, 0.4) is 0 Å². The van der Waals surface area contributed by atoms with Crippen LogP contribution in [0.4, 0.5) is 11.8 Å². The van der Waals surface area contributed by atoms with Crippen molar-refractivity contribution in [3.63, 3.8) is 0 Å². The molecule has 0 unspecified atom stereocenters. The molecule has 1 aromatic carbocycles. The molecule has 0 fully saturated rings. The van der Waals surface area contributed by atoms with Gasteiger partial charge in [-0.1, -0.05) is 19.8 Å². The van der Waals surface area contributed by atoms with Crippen LogP contribution >= 0.6 is 0 Å². The van der Waals surface area contributed by atoms with Gasteiger partial charge in [-0.2, -0.15) is 4.98 Å². The second-order valence-corrected chi connectivity index (χ2v) is 6.87. The molecule has 0 radical (unpaired) electrons. The van der Waals surface area contributed by atoms with Crippen molar-refractivity contribution in [2.45, 2.75) is 39.7 Å². The number of carbonyl (C=O) groups is 1. The number of rotatable bonds is 10. The van der Waals surface area contributed by atoms with E-state index >= 15 is 0 Å². The Kier molecular flexibility index (Phi) is 6.95. The van der Waals surface area contributed by atoms with Gasteiger partial charge in [-0.15, -0.1) is 0 Å². The SMILES string of the molecule is CCCCCNc1nc(N)nc2ccn(Cc3cc(OOC(C)=O)ccc3OC)c12. The van der Waals surface area contributed by atoms with Crippen molar-refractivity contribution in [3.05, 3.63) is 36.0 Å². The topological polar surface area (TPSA) is 114 Å². The predicted octanol–water partition coefficient (Wildman–Crippen LogP) is 3.53. The van der Waals surface area contributed by atoms with Gasteiger partial charge >= 0.3 is 5.97 Å². The Morgan fingerprint density at radius 1 is 1.23 bits per heavy atom. The lowest BCUT2D eigenvalue weighted by Gasteiger charge is -2.14. The number of methoxy groups -OCH3 is 1. The monoisotopic (exact) mass is 413 g/mol. The number of anilines is 2. The molecule has 9 nitrogen and oxygen atoms in total. The molecule has 0 saturated carbocycles. The van der Waals surface area contributed by atoms with E-state index in [-0.39, 0.29) is 5.95 Å². The van der Waals surface area contributed by atoms with Crippen LogP contribution in [0, 0.1) is 0 Å². The molecule has 3 rings (SSSR count). The molecule has 0 bridgehead atoms. The number of fused-ring (bicyclic) bond motifs is 1. The van der Waals surface area contributed by atoms with Crippen LogP contribution in [0.1, 0.15) is 38.7 Å². The zero-order chi connectivity index (χ0) is 21.5. The summed E-state index contributed by atoms with van der Waals surface area (Å²) < 4.78 is 7.50. The number of unbranched alkanes of at least 4 members (excludes halogenated alkanes) is 2. The summed E-state index contributed by atoms with van der Waals surface area (Å²) in [4.78, 5) is 29.5. The first-order valence-electron chi connectivity index (χ1n) is 9.90. The minimum absolute atomic E-state index is 0.229. The van der Waals surface area contributed by atoms with Crippen molar-refractivity contribution in [2.24, 2.45) is 0 Å². The Balaban J connectivity index is 1.91. The van der Waals surface area contributed by atoms with Gasteiger partial charge in [0, 0.05) is 25.2 Å². The lowest BCUT2D eigenvalue weighted by molar-refractivity contribution is -0.210. The van der Waals surface area contributed by atoms with Gasteiger partial charge in [-0.3, -0.25) is 9.78 Å². The molecule has 3 N–H and O–H groups in total. The standard InChI is InChI=1S/C21H27N5O4/c1-4-5-6-10-23-20-19-17(24-21(22)25-20)9-11-26(19)13-15-12-16(30-29-14(2)27)7-8-18(15)28-3/h7-9,11-12H,4-6,10,13H2,1-3H3,(H3,22,23,24,25). The van der Waals surface area contributed by atoms with E-state index < -0.39 is 5.97 Å². The Morgan fingerprint density at radius 3 is 2.80 bits per heavy atom. The van der Waals surface area contributed by atoms with Crippen LogP contribution in [0.5, 0.6) is 11.5 Å². The van der Waals surface area contributed by atoms with E-state index in [9.17, 15) is 4.79 Å². The Bertz CT molecular complexity index is 1020. The highest BCUT2D eigenvalue weighted by molar-refractivity contribution is 5.87. The van der Waals surface area contributed by atoms with Gasteiger partial charge in [0.2, 0.25) is 5.95 Å². The highest BCUT2D eigenvalue weighted by atomic mass is 17.2. The first-order chi connectivity index (χ1) is 14.5. The summed E-state index contributed by atoms with van der Waals surface area (Å²) in [6, 6.07) is 7.10. The van der Waals surface area contributed by atoms with Gasteiger partial charge in [0.05, 0.1) is 19.2 Å². The fourth-order valence-corrected chi connectivity index (χ4v) is 3.18. The summed E-state index contributed by atoms with van der Waals surface area (Å²) >= 11 is 0. The normalized spacial score (nSPS) is 10.8. The maximum Gasteiger partial charge on any atom is 0.352 e. The number of hydrogen-bond donors (Lipinski definition) is 2.